The molecule has 0 aliphatic carbocycles. The number of nitrogen functional groups attached to an aromatic ring is 1. The molecule has 0 atom stereocenters. The molecule has 0 saturated heterocycles. The molecule has 6 heteroatoms. The van der Waals surface area contributed by atoms with Gasteiger partial charge in [0.25, 0.3) is 5.88 Å². The minimum absolute atomic E-state index is 0.111. The van der Waals surface area contributed by atoms with E-state index in [-0.39, 0.29) is 11.8 Å². The lowest BCUT2D eigenvalue weighted by atomic mass is 10.2. The normalized spacial score (nSPS) is 10.3. The molecule has 0 spiro atoms. The van der Waals surface area contributed by atoms with Crippen LogP contribution in [0.3, 0.4) is 0 Å². The zero-order valence-electron chi connectivity index (χ0n) is 9.79. The Labute approximate surface area is 108 Å². The fourth-order valence-electron chi connectivity index (χ4n) is 1.66. The van der Waals surface area contributed by atoms with Gasteiger partial charge in [-0.1, -0.05) is 12.0 Å². The predicted molar refractivity (Wildman–Crippen MR) is 70.5 cm³/mol. The van der Waals surface area contributed by atoms with E-state index in [2.05, 4.69) is 25.9 Å². The number of nitrogens with two attached hydrogens (primary N) is 1. The van der Waals surface area contributed by atoms with Gasteiger partial charge in [0.1, 0.15) is 5.75 Å². The molecular formula is C13H9N5O. The van der Waals surface area contributed by atoms with Crippen LogP contribution in [-0.2, 0) is 0 Å². The Morgan fingerprint density at radius 1 is 1.32 bits per heavy atom. The molecule has 19 heavy (non-hydrogen) atoms. The van der Waals surface area contributed by atoms with E-state index in [1.165, 1.54) is 6.33 Å². The van der Waals surface area contributed by atoms with E-state index in [1.54, 1.807) is 18.2 Å². The molecule has 3 aromatic rings. The van der Waals surface area contributed by atoms with E-state index >= 15 is 0 Å². The summed E-state index contributed by atoms with van der Waals surface area (Å²) in [6, 6.07) is 7.12. The van der Waals surface area contributed by atoms with Gasteiger partial charge >= 0.3 is 0 Å². The van der Waals surface area contributed by atoms with Crippen LogP contribution >= 0.6 is 0 Å². The van der Waals surface area contributed by atoms with Crippen LogP contribution in [0.1, 0.15) is 5.56 Å². The minimum atomic E-state index is 0.111. The van der Waals surface area contributed by atoms with Crippen molar-refractivity contribution in [3.63, 3.8) is 0 Å². The predicted octanol–water partition coefficient (Wildman–Crippen LogP) is 1.71. The first-order valence-electron chi connectivity index (χ1n) is 5.47. The van der Waals surface area contributed by atoms with Crippen LogP contribution in [0.5, 0.6) is 11.6 Å². The van der Waals surface area contributed by atoms with Crippen molar-refractivity contribution in [1.29, 1.82) is 0 Å². The fourth-order valence-corrected chi connectivity index (χ4v) is 1.66. The number of fused-ring (bicyclic) bond motifs is 1. The number of hydrogen-bond acceptors (Lipinski definition) is 5. The smallest absolute Gasteiger partial charge is 0.252 e. The lowest BCUT2D eigenvalue weighted by Gasteiger charge is -2.05. The Morgan fingerprint density at radius 2 is 2.21 bits per heavy atom. The highest BCUT2D eigenvalue weighted by Gasteiger charge is 2.10. The van der Waals surface area contributed by atoms with Gasteiger partial charge in [-0.25, -0.2) is 4.98 Å². The van der Waals surface area contributed by atoms with E-state index in [0.717, 1.165) is 5.56 Å². The third-order valence-electron chi connectivity index (χ3n) is 2.48. The summed E-state index contributed by atoms with van der Waals surface area (Å²) in [5, 5.41) is 0. The molecule has 2 heterocycles. The largest absolute Gasteiger partial charge is 0.437 e. The van der Waals surface area contributed by atoms with Gasteiger partial charge in [-0.05, 0) is 18.2 Å². The Bertz CT molecular complexity index is 787. The number of aromatic amines is 1. The summed E-state index contributed by atoms with van der Waals surface area (Å²) >= 11 is 0. The Kier molecular flexibility index (Phi) is 2.50. The van der Waals surface area contributed by atoms with Crippen molar-refractivity contribution in [3.05, 3.63) is 36.2 Å². The molecule has 3 N–H and O–H groups in total. The number of H-pyrrole nitrogens is 1. The highest BCUT2D eigenvalue weighted by molar-refractivity contribution is 5.77. The number of rotatable bonds is 2. The van der Waals surface area contributed by atoms with Crippen molar-refractivity contribution in [3.8, 4) is 24.0 Å². The molecule has 92 valence electrons. The maximum Gasteiger partial charge on any atom is 0.252 e. The lowest BCUT2D eigenvalue weighted by Crippen LogP contribution is -1.98. The summed E-state index contributed by atoms with van der Waals surface area (Å²) in [6.45, 7) is 0. The summed E-state index contributed by atoms with van der Waals surface area (Å²) in [5.74, 6) is 3.51. The summed E-state index contributed by atoms with van der Waals surface area (Å²) in [4.78, 5) is 15.0. The molecule has 0 radical (unpaired) electrons. The molecular weight excluding hydrogens is 242 g/mol. The molecule has 0 aliphatic heterocycles. The molecule has 1 aromatic carbocycles. The molecule has 0 aliphatic rings. The van der Waals surface area contributed by atoms with E-state index in [9.17, 15) is 0 Å². The average molecular weight is 251 g/mol. The molecule has 0 bridgehead atoms. The maximum atomic E-state index is 5.66. The molecule has 0 amide bonds. The van der Waals surface area contributed by atoms with E-state index in [1.807, 2.05) is 6.07 Å². The maximum absolute atomic E-state index is 5.66. The van der Waals surface area contributed by atoms with Crippen LogP contribution in [-0.4, -0.2) is 19.9 Å². The Balaban J connectivity index is 2.05. The molecule has 2 aromatic heterocycles. The standard InChI is InChI=1S/C13H9N5O/c1-2-8-4-3-5-9(6-8)19-12-10-11(16-7-15-10)17-13(14)18-12/h1,3-7H,(H3,14,15,16,17,18). The summed E-state index contributed by atoms with van der Waals surface area (Å²) in [5.41, 5.74) is 7.37. The lowest BCUT2D eigenvalue weighted by molar-refractivity contribution is 0.468. The minimum Gasteiger partial charge on any atom is -0.437 e. The Morgan fingerprint density at radius 3 is 3.05 bits per heavy atom. The zero-order chi connectivity index (χ0) is 13.2. The second-order valence-electron chi connectivity index (χ2n) is 3.76. The van der Waals surface area contributed by atoms with Crippen molar-refractivity contribution in [2.24, 2.45) is 0 Å². The summed E-state index contributed by atoms with van der Waals surface area (Å²) in [6.07, 6.45) is 6.85. The van der Waals surface area contributed by atoms with Gasteiger partial charge in [-0.15, -0.1) is 6.42 Å². The number of benzene rings is 1. The second-order valence-corrected chi connectivity index (χ2v) is 3.76. The van der Waals surface area contributed by atoms with Gasteiger partial charge in [0.15, 0.2) is 11.2 Å². The van der Waals surface area contributed by atoms with E-state index in [0.29, 0.717) is 16.9 Å². The van der Waals surface area contributed by atoms with Gasteiger partial charge in [-0.3, -0.25) is 0 Å². The van der Waals surface area contributed by atoms with Crippen LogP contribution in [0.4, 0.5) is 5.95 Å². The zero-order valence-corrected chi connectivity index (χ0v) is 9.79. The first-order chi connectivity index (χ1) is 9.26. The number of anilines is 1. The van der Waals surface area contributed by atoms with Gasteiger partial charge in [0.05, 0.1) is 6.33 Å². The van der Waals surface area contributed by atoms with Gasteiger partial charge in [0.2, 0.25) is 5.95 Å². The van der Waals surface area contributed by atoms with Gasteiger partial charge in [-0.2, -0.15) is 9.97 Å². The monoisotopic (exact) mass is 251 g/mol. The number of hydrogen-bond donors (Lipinski definition) is 2. The van der Waals surface area contributed by atoms with E-state index < -0.39 is 0 Å². The van der Waals surface area contributed by atoms with Crippen molar-refractivity contribution >= 4 is 17.1 Å². The molecule has 0 saturated carbocycles. The van der Waals surface area contributed by atoms with Crippen molar-refractivity contribution < 1.29 is 4.74 Å². The van der Waals surface area contributed by atoms with Crippen molar-refractivity contribution in [1.82, 2.24) is 19.9 Å². The molecule has 0 fully saturated rings. The number of nitrogens with zero attached hydrogens (tertiary/aromatic N) is 3. The first-order valence-corrected chi connectivity index (χ1v) is 5.47. The Hall–Kier alpha value is -3.07. The average Bonchev–Trinajstić information content (AvgIpc) is 2.87. The third-order valence-corrected chi connectivity index (χ3v) is 2.48. The number of aromatic nitrogens is 4. The van der Waals surface area contributed by atoms with E-state index in [4.69, 9.17) is 16.9 Å². The number of nitrogens with one attached hydrogen (secondary N) is 1. The first kappa shape index (κ1) is 11.0. The topological polar surface area (TPSA) is 89.7 Å². The highest BCUT2D eigenvalue weighted by Crippen LogP contribution is 2.26. The van der Waals surface area contributed by atoms with Crippen LogP contribution in [0.15, 0.2) is 30.6 Å². The molecule has 6 nitrogen and oxygen atoms in total. The number of ether oxygens (including phenoxy) is 1. The van der Waals surface area contributed by atoms with Crippen LogP contribution in [0.25, 0.3) is 11.2 Å². The van der Waals surface area contributed by atoms with Crippen molar-refractivity contribution in [2.45, 2.75) is 0 Å². The van der Waals surface area contributed by atoms with Crippen LogP contribution in [0.2, 0.25) is 0 Å². The van der Waals surface area contributed by atoms with Crippen LogP contribution in [0, 0.1) is 12.3 Å². The quantitative estimate of drug-likeness (QED) is 0.677. The summed E-state index contributed by atoms with van der Waals surface area (Å²) in [7, 11) is 0. The SMILES string of the molecule is C#Cc1cccc(Oc2nc(N)nc3[nH]cnc23)c1. The fraction of sp³-hybridized carbons (Fsp3) is 0. The molecule has 0 unspecified atom stereocenters. The number of imidazole rings is 1. The van der Waals surface area contributed by atoms with Crippen LogP contribution < -0.4 is 10.5 Å². The number of terminal acetylenes is 1. The van der Waals surface area contributed by atoms with Crippen molar-refractivity contribution in [2.75, 3.05) is 5.73 Å². The highest BCUT2D eigenvalue weighted by atomic mass is 16.5. The van der Waals surface area contributed by atoms with Gasteiger partial charge < -0.3 is 15.5 Å². The summed E-state index contributed by atoms with van der Waals surface area (Å²) < 4.78 is 5.66. The molecule has 3 rings (SSSR count). The third kappa shape index (κ3) is 2.05. The van der Waals surface area contributed by atoms with Gasteiger partial charge in [0, 0.05) is 5.56 Å². The second kappa shape index (κ2) is 4.31.